The van der Waals surface area contributed by atoms with Gasteiger partial charge in [0.1, 0.15) is 5.82 Å². The molecule has 1 atom stereocenters. The number of carbonyl (C=O) groups excluding carboxylic acids is 1. The van der Waals surface area contributed by atoms with Crippen molar-refractivity contribution in [1.82, 2.24) is 4.90 Å². The number of ether oxygens (including phenoxy) is 1. The van der Waals surface area contributed by atoms with Gasteiger partial charge >= 0.3 is 0 Å². The van der Waals surface area contributed by atoms with E-state index in [1.807, 2.05) is 0 Å². The van der Waals surface area contributed by atoms with Gasteiger partial charge in [0.2, 0.25) is 0 Å². The van der Waals surface area contributed by atoms with Crippen molar-refractivity contribution in [1.29, 1.82) is 0 Å². The van der Waals surface area contributed by atoms with Crippen molar-refractivity contribution in [3.05, 3.63) is 34.1 Å². The first-order chi connectivity index (χ1) is 8.45. The van der Waals surface area contributed by atoms with Gasteiger partial charge in [-0.3, -0.25) is 4.79 Å². The monoisotopic (exact) mass is 337 g/mol. The summed E-state index contributed by atoms with van der Waals surface area (Å²) in [5.41, 5.74) is 0.0214. The summed E-state index contributed by atoms with van der Waals surface area (Å²) in [6, 6.07) is 4.24. The molecule has 1 unspecified atom stereocenters. The van der Waals surface area contributed by atoms with Crippen LogP contribution in [0.4, 0.5) is 4.39 Å². The Morgan fingerprint density at radius 3 is 2.89 bits per heavy atom. The standard InChI is InChI=1S/C12H14BrClFNO2/c1-16(6-9(14)7-18-2)12(17)10-5-8(13)3-4-11(10)15/h3-5,9H,6-7H2,1-2H3. The Balaban J connectivity index is 2.77. The summed E-state index contributed by atoms with van der Waals surface area (Å²) >= 11 is 9.16. The maximum absolute atomic E-state index is 13.5. The van der Waals surface area contributed by atoms with Gasteiger partial charge in [-0.05, 0) is 18.2 Å². The Kier molecular flexibility index (Phi) is 6.05. The Morgan fingerprint density at radius 1 is 1.61 bits per heavy atom. The molecule has 0 heterocycles. The molecule has 0 N–H and O–H groups in total. The van der Waals surface area contributed by atoms with Crippen molar-refractivity contribution in [2.75, 3.05) is 27.3 Å². The van der Waals surface area contributed by atoms with Crippen LogP contribution in [0.5, 0.6) is 0 Å². The molecule has 1 aromatic rings. The summed E-state index contributed by atoms with van der Waals surface area (Å²) in [6.07, 6.45) is 0. The van der Waals surface area contributed by atoms with E-state index >= 15 is 0 Å². The number of hydrogen-bond donors (Lipinski definition) is 0. The number of rotatable bonds is 5. The molecule has 1 amide bonds. The predicted octanol–water partition coefficient (Wildman–Crippen LogP) is 2.91. The highest BCUT2D eigenvalue weighted by Gasteiger charge is 2.18. The van der Waals surface area contributed by atoms with Crippen LogP contribution in [0.3, 0.4) is 0 Å². The number of benzene rings is 1. The minimum absolute atomic E-state index is 0.0214. The molecule has 0 aliphatic carbocycles. The lowest BCUT2D eigenvalue weighted by Gasteiger charge is -2.20. The fourth-order valence-electron chi connectivity index (χ4n) is 1.48. The average molecular weight is 339 g/mol. The summed E-state index contributed by atoms with van der Waals surface area (Å²) in [4.78, 5) is 13.4. The first-order valence-corrected chi connectivity index (χ1v) is 6.52. The first-order valence-electron chi connectivity index (χ1n) is 5.29. The molecule has 0 spiro atoms. The van der Waals surface area contributed by atoms with E-state index in [4.69, 9.17) is 16.3 Å². The molecule has 6 heteroatoms. The number of halogens is 3. The Bertz CT molecular complexity index is 431. The summed E-state index contributed by atoms with van der Waals surface area (Å²) in [5, 5.41) is -0.320. The Hall–Kier alpha value is -0.650. The van der Waals surface area contributed by atoms with Gasteiger partial charge in [0.05, 0.1) is 17.5 Å². The van der Waals surface area contributed by atoms with Crippen molar-refractivity contribution < 1.29 is 13.9 Å². The van der Waals surface area contributed by atoms with Gasteiger partial charge in [-0.25, -0.2) is 4.39 Å². The minimum atomic E-state index is -0.548. The third-order valence-corrected chi connectivity index (χ3v) is 3.08. The van der Waals surface area contributed by atoms with Gasteiger partial charge in [0.25, 0.3) is 5.91 Å². The zero-order chi connectivity index (χ0) is 13.7. The molecule has 0 saturated heterocycles. The van der Waals surface area contributed by atoms with E-state index < -0.39 is 11.7 Å². The van der Waals surface area contributed by atoms with Crippen LogP contribution in [-0.4, -0.2) is 43.5 Å². The van der Waals surface area contributed by atoms with Gasteiger partial charge in [0.15, 0.2) is 0 Å². The summed E-state index contributed by atoms with van der Waals surface area (Å²) in [5.74, 6) is -0.955. The SMILES string of the molecule is COCC(Cl)CN(C)C(=O)c1cc(Br)ccc1F. The fourth-order valence-corrected chi connectivity index (χ4v) is 2.17. The molecule has 3 nitrogen and oxygen atoms in total. The quantitative estimate of drug-likeness (QED) is 0.773. The molecule has 0 aliphatic rings. The number of carbonyl (C=O) groups is 1. The first kappa shape index (κ1) is 15.4. The van der Waals surface area contributed by atoms with Crippen molar-refractivity contribution in [2.45, 2.75) is 5.38 Å². The Labute approximate surface area is 119 Å². The van der Waals surface area contributed by atoms with Crippen LogP contribution in [0.1, 0.15) is 10.4 Å². The van der Waals surface area contributed by atoms with Gasteiger partial charge in [-0.15, -0.1) is 11.6 Å². The molecular formula is C12H14BrClFNO2. The number of nitrogens with zero attached hydrogens (tertiary/aromatic N) is 1. The van der Waals surface area contributed by atoms with E-state index in [1.165, 1.54) is 24.1 Å². The molecule has 1 aromatic carbocycles. The molecule has 0 bridgehead atoms. The van der Waals surface area contributed by atoms with E-state index in [9.17, 15) is 9.18 Å². The maximum Gasteiger partial charge on any atom is 0.256 e. The molecule has 100 valence electrons. The molecule has 0 aromatic heterocycles. The molecule has 1 rings (SSSR count). The summed E-state index contributed by atoms with van der Waals surface area (Å²) < 4.78 is 19.1. The van der Waals surface area contributed by atoms with Crippen LogP contribution in [-0.2, 0) is 4.74 Å². The smallest absolute Gasteiger partial charge is 0.256 e. The van der Waals surface area contributed by atoms with E-state index in [-0.39, 0.29) is 10.9 Å². The highest BCUT2D eigenvalue weighted by atomic mass is 79.9. The van der Waals surface area contributed by atoms with E-state index in [0.29, 0.717) is 17.6 Å². The molecule has 0 saturated carbocycles. The highest BCUT2D eigenvalue weighted by molar-refractivity contribution is 9.10. The average Bonchev–Trinajstić information content (AvgIpc) is 2.31. The van der Waals surface area contributed by atoms with Crippen LogP contribution in [0.25, 0.3) is 0 Å². The van der Waals surface area contributed by atoms with Crippen molar-refractivity contribution in [3.8, 4) is 0 Å². The molecule has 0 fully saturated rings. The Morgan fingerprint density at radius 2 is 2.28 bits per heavy atom. The van der Waals surface area contributed by atoms with E-state index in [1.54, 1.807) is 13.1 Å². The van der Waals surface area contributed by atoms with Crippen molar-refractivity contribution in [2.24, 2.45) is 0 Å². The predicted molar refractivity (Wildman–Crippen MR) is 72.6 cm³/mol. The minimum Gasteiger partial charge on any atom is -0.383 e. The lowest BCUT2D eigenvalue weighted by Crippen LogP contribution is -2.34. The molecule has 0 aliphatic heterocycles. The second kappa shape index (κ2) is 7.07. The van der Waals surface area contributed by atoms with E-state index in [0.717, 1.165) is 0 Å². The maximum atomic E-state index is 13.5. The van der Waals surface area contributed by atoms with Gasteiger partial charge < -0.3 is 9.64 Å². The third-order valence-electron chi connectivity index (χ3n) is 2.32. The van der Waals surface area contributed by atoms with Crippen molar-refractivity contribution in [3.63, 3.8) is 0 Å². The second-order valence-electron chi connectivity index (χ2n) is 3.86. The highest BCUT2D eigenvalue weighted by Crippen LogP contribution is 2.17. The van der Waals surface area contributed by atoms with Crippen LogP contribution in [0.2, 0.25) is 0 Å². The largest absolute Gasteiger partial charge is 0.383 e. The van der Waals surface area contributed by atoms with Crippen LogP contribution >= 0.6 is 27.5 Å². The fraction of sp³-hybridized carbons (Fsp3) is 0.417. The molecule has 18 heavy (non-hydrogen) atoms. The lowest BCUT2D eigenvalue weighted by molar-refractivity contribution is 0.0777. The third kappa shape index (κ3) is 4.23. The second-order valence-corrected chi connectivity index (χ2v) is 5.40. The zero-order valence-corrected chi connectivity index (χ0v) is 12.5. The molecule has 0 radical (unpaired) electrons. The number of alkyl halides is 1. The number of amides is 1. The van der Waals surface area contributed by atoms with E-state index in [2.05, 4.69) is 15.9 Å². The zero-order valence-electron chi connectivity index (χ0n) is 10.1. The number of methoxy groups -OCH3 is 1. The molecular weight excluding hydrogens is 324 g/mol. The van der Waals surface area contributed by atoms with Crippen LogP contribution < -0.4 is 0 Å². The van der Waals surface area contributed by atoms with Gasteiger partial charge in [-0.1, -0.05) is 15.9 Å². The summed E-state index contributed by atoms with van der Waals surface area (Å²) in [7, 11) is 3.11. The van der Waals surface area contributed by atoms with Crippen LogP contribution in [0, 0.1) is 5.82 Å². The van der Waals surface area contributed by atoms with Crippen LogP contribution in [0.15, 0.2) is 22.7 Å². The normalized spacial score (nSPS) is 12.3. The number of hydrogen-bond acceptors (Lipinski definition) is 2. The van der Waals surface area contributed by atoms with Crippen molar-refractivity contribution >= 4 is 33.4 Å². The summed E-state index contributed by atoms with van der Waals surface area (Å²) in [6.45, 7) is 0.625. The lowest BCUT2D eigenvalue weighted by atomic mass is 10.2. The van der Waals surface area contributed by atoms with Gasteiger partial charge in [-0.2, -0.15) is 0 Å². The van der Waals surface area contributed by atoms with Gasteiger partial charge in [0, 0.05) is 25.2 Å². The topological polar surface area (TPSA) is 29.5 Å².